The van der Waals surface area contributed by atoms with Crippen molar-refractivity contribution in [3.8, 4) is 0 Å². The minimum Gasteiger partial charge on any atom is -0.399 e. The van der Waals surface area contributed by atoms with Gasteiger partial charge in [0.25, 0.3) is 0 Å². The normalized spacial score (nSPS) is 10.2. The van der Waals surface area contributed by atoms with Gasteiger partial charge in [-0.3, -0.25) is 4.79 Å². The van der Waals surface area contributed by atoms with E-state index >= 15 is 0 Å². The van der Waals surface area contributed by atoms with Crippen LogP contribution in [0.2, 0.25) is 0 Å². The summed E-state index contributed by atoms with van der Waals surface area (Å²) in [7, 11) is 0. The highest BCUT2D eigenvalue weighted by Crippen LogP contribution is 2.20. The fourth-order valence-electron chi connectivity index (χ4n) is 3.06. The second-order valence-corrected chi connectivity index (χ2v) is 7.20. The number of aromatic nitrogens is 1. The van der Waals surface area contributed by atoms with Crippen molar-refractivity contribution >= 4 is 23.6 Å². The number of nitrogens with zero attached hydrogens (tertiary/aromatic N) is 3. The van der Waals surface area contributed by atoms with Crippen LogP contribution in [0.15, 0.2) is 78.7 Å². The monoisotopic (exact) mass is 495 g/mol. The van der Waals surface area contributed by atoms with E-state index in [9.17, 15) is 4.79 Å². The molecule has 0 aliphatic carbocycles. The van der Waals surface area contributed by atoms with Crippen molar-refractivity contribution in [3.05, 3.63) is 79.3 Å². The van der Waals surface area contributed by atoms with Crippen molar-refractivity contribution in [2.75, 3.05) is 17.2 Å². The number of benzene rings is 1. The van der Waals surface area contributed by atoms with E-state index in [-0.39, 0.29) is 5.91 Å². The minimum atomic E-state index is -0.230. The van der Waals surface area contributed by atoms with E-state index in [0.717, 1.165) is 62.4 Å². The van der Waals surface area contributed by atoms with Crippen molar-refractivity contribution < 1.29 is 4.79 Å². The summed E-state index contributed by atoms with van der Waals surface area (Å²) >= 11 is 0. The number of primary amides is 1. The Hall–Kier alpha value is -3.41. The molecule has 6 heteroatoms. The topological polar surface area (TPSA) is 97.6 Å². The lowest BCUT2D eigenvalue weighted by atomic mass is 10.1. The second kappa shape index (κ2) is 24.7. The Morgan fingerprint density at radius 3 is 2.19 bits per heavy atom. The van der Waals surface area contributed by atoms with Gasteiger partial charge in [0, 0.05) is 31.1 Å². The molecule has 0 fully saturated rings. The molecule has 0 spiro atoms. The number of pyridine rings is 1. The minimum absolute atomic E-state index is 0.230. The van der Waals surface area contributed by atoms with Crippen molar-refractivity contribution in [3.63, 3.8) is 0 Å². The summed E-state index contributed by atoms with van der Waals surface area (Å²) in [6.45, 7) is 16.9. The molecule has 0 unspecified atom stereocenters. The quantitative estimate of drug-likeness (QED) is 0.132. The summed E-state index contributed by atoms with van der Waals surface area (Å²) in [5.41, 5.74) is 13.0. The number of hydrogen-bond donors (Lipinski definition) is 2. The molecule has 4 N–H and O–H groups in total. The number of hydrogen-bond acceptors (Lipinski definition) is 5. The highest BCUT2D eigenvalue weighted by atomic mass is 16.1. The number of nitrogens with two attached hydrogens (primary N) is 2. The second-order valence-electron chi connectivity index (χ2n) is 7.20. The molecular weight excluding hydrogens is 446 g/mol. The van der Waals surface area contributed by atoms with Gasteiger partial charge in [-0.2, -0.15) is 0 Å². The van der Waals surface area contributed by atoms with Gasteiger partial charge in [0.15, 0.2) is 0 Å². The zero-order valence-corrected chi connectivity index (χ0v) is 23.2. The van der Waals surface area contributed by atoms with Gasteiger partial charge in [0.1, 0.15) is 11.6 Å². The predicted octanol–water partition coefficient (Wildman–Crippen LogP) is 7.33. The number of aliphatic imine (C=N–C) groups is 1. The van der Waals surface area contributed by atoms with Gasteiger partial charge in [-0.25, -0.2) is 9.98 Å². The Morgan fingerprint density at radius 1 is 1.00 bits per heavy atom. The number of nitrogen functional groups attached to an aromatic ring is 1. The maximum Gasteiger partial charge on any atom is 0.217 e. The average molecular weight is 496 g/mol. The Bertz CT molecular complexity index is 832. The van der Waals surface area contributed by atoms with Gasteiger partial charge in [0.05, 0.1) is 0 Å². The van der Waals surface area contributed by atoms with Crippen LogP contribution in [-0.4, -0.2) is 23.7 Å². The SMILES string of the molecule is C=C.CC.CC.CC/C=N\C(=C/Cc1ccc(N)cc1)N(CCCCCCC(N)=O)c1ccccn1. The third-order valence-electron chi connectivity index (χ3n) is 4.66. The summed E-state index contributed by atoms with van der Waals surface area (Å²) < 4.78 is 0. The molecule has 0 saturated carbocycles. The summed E-state index contributed by atoms with van der Waals surface area (Å²) in [5, 5.41) is 0. The van der Waals surface area contributed by atoms with Crippen molar-refractivity contribution in [2.24, 2.45) is 10.7 Å². The first-order valence-corrected chi connectivity index (χ1v) is 13.1. The van der Waals surface area contributed by atoms with E-state index in [1.165, 1.54) is 5.56 Å². The highest BCUT2D eigenvalue weighted by Gasteiger charge is 2.12. The summed E-state index contributed by atoms with van der Waals surface area (Å²) in [4.78, 5) is 22.3. The van der Waals surface area contributed by atoms with Crippen LogP contribution in [0.25, 0.3) is 0 Å². The van der Waals surface area contributed by atoms with Crippen LogP contribution in [0, 0.1) is 0 Å². The van der Waals surface area contributed by atoms with Gasteiger partial charge in [-0.05, 0) is 61.6 Å². The number of carbonyl (C=O) groups excluding carboxylic acids is 1. The lowest BCUT2D eigenvalue weighted by molar-refractivity contribution is -0.118. The van der Waals surface area contributed by atoms with Crippen molar-refractivity contribution in [2.45, 2.75) is 79.6 Å². The standard InChI is InChI=1S/C24H33N5O.2C2H6.C2H4/c1-2-17-27-24(16-13-20-11-14-21(25)15-12-20)29(23-10-6-7-18-28-23)19-8-4-3-5-9-22(26)30;3*1-2/h6-7,10-12,14-18H,2-5,8-9,13,19,25H2,1H3,(H2,26,30);2*1-2H3;1-2H2/b24-16+,27-17-;;;. The van der Waals surface area contributed by atoms with E-state index < -0.39 is 0 Å². The smallest absolute Gasteiger partial charge is 0.217 e. The number of amides is 1. The van der Waals surface area contributed by atoms with Gasteiger partial charge in [0.2, 0.25) is 5.91 Å². The number of rotatable bonds is 13. The molecule has 0 saturated heterocycles. The Labute approximate surface area is 220 Å². The molecule has 1 amide bonds. The van der Waals surface area contributed by atoms with Crippen LogP contribution in [0.4, 0.5) is 11.5 Å². The molecule has 0 bridgehead atoms. The number of allylic oxidation sites excluding steroid dienone is 1. The molecule has 0 atom stereocenters. The molecule has 6 nitrogen and oxygen atoms in total. The maximum atomic E-state index is 10.9. The van der Waals surface area contributed by atoms with Crippen LogP contribution in [0.1, 0.15) is 78.7 Å². The van der Waals surface area contributed by atoms with Crippen LogP contribution in [0.3, 0.4) is 0 Å². The first kappa shape index (κ1) is 34.8. The van der Waals surface area contributed by atoms with E-state index in [4.69, 9.17) is 16.5 Å². The fraction of sp³-hybridized carbons (Fsp3) is 0.433. The molecule has 1 heterocycles. The molecule has 200 valence electrons. The van der Waals surface area contributed by atoms with E-state index in [0.29, 0.717) is 6.42 Å². The highest BCUT2D eigenvalue weighted by molar-refractivity contribution is 5.73. The molecule has 1 aromatic carbocycles. The van der Waals surface area contributed by atoms with Gasteiger partial charge in [-0.15, -0.1) is 13.2 Å². The average Bonchev–Trinajstić information content (AvgIpc) is 2.93. The van der Waals surface area contributed by atoms with E-state index in [2.05, 4.69) is 36.0 Å². The van der Waals surface area contributed by atoms with E-state index in [1.807, 2.05) is 76.4 Å². The lowest BCUT2D eigenvalue weighted by Gasteiger charge is -2.24. The third-order valence-corrected chi connectivity index (χ3v) is 4.66. The third kappa shape index (κ3) is 16.3. The number of carbonyl (C=O) groups is 1. The molecule has 2 rings (SSSR count). The van der Waals surface area contributed by atoms with Crippen LogP contribution < -0.4 is 16.4 Å². The van der Waals surface area contributed by atoms with Crippen LogP contribution in [-0.2, 0) is 11.2 Å². The zero-order valence-electron chi connectivity index (χ0n) is 23.2. The van der Waals surface area contributed by atoms with Gasteiger partial charge >= 0.3 is 0 Å². The van der Waals surface area contributed by atoms with Crippen molar-refractivity contribution in [1.29, 1.82) is 0 Å². The zero-order chi connectivity index (χ0) is 27.6. The lowest BCUT2D eigenvalue weighted by Crippen LogP contribution is -2.24. The van der Waals surface area contributed by atoms with Gasteiger partial charge < -0.3 is 16.4 Å². The van der Waals surface area contributed by atoms with Crippen LogP contribution in [0.5, 0.6) is 0 Å². The molecule has 0 aliphatic rings. The molecule has 36 heavy (non-hydrogen) atoms. The molecule has 1 aromatic heterocycles. The Morgan fingerprint density at radius 2 is 1.64 bits per heavy atom. The predicted molar refractivity (Wildman–Crippen MR) is 159 cm³/mol. The van der Waals surface area contributed by atoms with E-state index in [1.54, 1.807) is 6.20 Å². The summed E-state index contributed by atoms with van der Waals surface area (Å²) in [5.74, 6) is 1.54. The van der Waals surface area contributed by atoms with Crippen molar-refractivity contribution in [1.82, 2.24) is 4.98 Å². The van der Waals surface area contributed by atoms with Crippen LogP contribution >= 0.6 is 0 Å². The largest absolute Gasteiger partial charge is 0.399 e. The summed E-state index contributed by atoms with van der Waals surface area (Å²) in [6, 6.07) is 13.8. The molecule has 0 radical (unpaired) electrons. The molecule has 0 aliphatic heterocycles. The first-order chi connectivity index (χ1) is 17.6. The number of anilines is 2. The Balaban J connectivity index is 0. The summed E-state index contributed by atoms with van der Waals surface area (Å²) in [6.07, 6.45) is 11.8. The first-order valence-electron chi connectivity index (χ1n) is 13.1. The molecule has 2 aromatic rings. The number of unbranched alkanes of at least 4 members (excludes halogenated alkanes) is 3. The van der Waals surface area contributed by atoms with Gasteiger partial charge in [-0.1, -0.05) is 65.7 Å². The Kier molecular flexibility index (Phi) is 23.9. The molecular formula is C30H49N5O. The fourth-order valence-corrected chi connectivity index (χ4v) is 3.06. The maximum absolute atomic E-state index is 10.9.